The Balaban J connectivity index is 2.19. The van der Waals surface area contributed by atoms with E-state index in [1.165, 1.54) is 11.1 Å². The molecule has 2 rings (SSSR count). The van der Waals surface area contributed by atoms with Crippen LogP contribution in [0.1, 0.15) is 19.4 Å². The Bertz CT molecular complexity index is 503. The number of aliphatic hydroxyl groups is 1. The highest BCUT2D eigenvalue weighted by atomic mass is 16.3. The highest BCUT2D eigenvalue weighted by Crippen LogP contribution is 2.24. The Hall–Kier alpha value is -1.64. The molecule has 0 bridgehead atoms. The summed E-state index contributed by atoms with van der Waals surface area (Å²) in [7, 11) is 0. The second-order valence-corrected chi connectivity index (χ2v) is 5.00. The summed E-state index contributed by atoms with van der Waals surface area (Å²) < 4.78 is 0. The number of nitrogens with one attached hydrogen (secondary N) is 1. The molecule has 2 aromatic carbocycles. The molecule has 0 heterocycles. The number of hydrogen-bond donors (Lipinski definition) is 2. The van der Waals surface area contributed by atoms with E-state index in [4.69, 9.17) is 0 Å². The smallest absolute Gasteiger partial charge is 0.0992 e. The first kappa shape index (κ1) is 13.8. The third kappa shape index (κ3) is 3.43. The van der Waals surface area contributed by atoms with Gasteiger partial charge >= 0.3 is 0 Å². The van der Waals surface area contributed by atoms with Crippen molar-refractivity contribution in [2.24, 2.45) is 0 Å². The van der Waals surface area contributed by atoms with E-state index < -0.39 is 5.60 Å². The Morgan fingerprint density at radius 2 is 1.53 bits per heavy atom. The summed E-state index contributed by atoms with van der Waals surface area (Å²) >= 11 is 0. The molecule has 0 radical (unpaired) electrons. The van der Waals surface area contributed by atoms with Gasteiger partial charge in [0.25, 0.3) is 0 Å². The molecule has 2 N–H and O–H groups in total. The lowest BCUT2D eigenvalue weighted by molar-refractivity contribution is 0.0576. The topological polar surface area (TPSA) is 32.3 Å². The van der Waals surface area contributed by atoms with Crippen molar-refractivity contribution in [2.75, 3.05) is 13.1 Å². The fraction of sp³-hybridized carbons (Fsp3) is 0.294. The molecule has 2 aromatic rings. The highest BCUT2D eigenvalue weighted by molar-refractivity contribution is 5.63. The van der Waals surface area contributed by atoms with Gasteiger partial charge in [-0.3, -0.25) is 0 Å². The minimum absolute atomic E-state index is 0.564. The first-order chi connectivity index (χ1) is 9.13. The summed E-state index contributed by atoms with van der Waals surface area (Å²) in [6.07, 6.45) is 0. The number of likely N-dealkylation sites (N-methyl/N-ethyl adjacent to an activating group) is 1. The van der Waals surface area contributed by atoms with Crippen LogP contribution in [0.25, 0.3) is 11.1 Å². The van der Waals surface area contributed by atoms with E-state index >= 15 is 0 Å². The SMILES string of the molecule is CCNCC(C)(O)c1ccc(-c2ccccc2)cc1. The lowest BCUT2D eigenvalue weighted by Crippen LogP contribution is -2.35. The Kier molecular flexibility index (Phi) is 4.35. The molecule has 0 fully saturated rings. The monoisotopic (exact) mass is 255 g/mol. The Labute approximate surface area is 115 Å². The van der Waals surface area contributed by atoms with Crippen molar-refractivity contribution in [3.05, 3.63) is 60.2 Å². The molecule has 1 unspecified atom stereocenters. The van der Waals surface area contributed by atoms with Crippen molar-refractivity contribution < 1.29 is 5.11 Å². The standard InChI is InChI=1S/C17H21NO/c1-3-18-13-17(2,19)16-11-9-15(10-12-16)14-7-5-4-6-8-14/h4-12,18-19H,3,13H2,1-2H3. The predicted octanol–water partition coefficient (Wildman–Crippen LogP) is 3.17. The lowest BCUT2D eigenvalue weighted by atomic mass is 9.93. The predicted molar refractivity (Wildman–Crippen MR) is 80.0 cm³/mol. The molecular weight excluding hydrogens is 234 g/mol. The maximum Gasteiger partial charge on any atom is 0.0992 e. The van der Waals surface area contributed by atoms with E-state index in [-0.39, 0.29) is 0 Å². The molecule has 0 aromatic heterocycles. The lowest BCUT2D eigenvalue weighted by Gasteiger charge is -2.24. The summed E-state index contributed by atoms with van der Waals surface area (Å²) in [5, 5.41) is 13.6. The van der Waals surface area contributed by atoms with Gasteiger partial charge < -0.3 is 10.4 Å². The van der Waals surface area contributed by atoms with Crippen LogP contribution in [0.4, 0.5) is 0 Å². The Morgan fingerprint density at radius 3 is 2.11 bits per heavy atom. The van der Waals surface area contributed by atoms with Gasteiger partial charge in [0.2, 0.25) is 0 Å². The third-order valence-corrected chi connectivity index (χ3v) is 3.33. The van der Waals surface area contributed by atoms with E-state index in [2.05, 4.69) is 29.6 Å². The molecule has 0 aliphatic rings. The van der Waals surface area contributed by atoms with E-state index in [9.17, 15) is 5.11 Å². The zero-order chi connectivity index (χ0) is 13.7. The minimum Gasteiger partial charge on any atom is -0.384 e. The molecule has 0 aliphatic heterocycles. The second kappa shape index (κ2) is 6.00. The fourth-order valence-corrected chi connectivity index (χ4v) is 2.12. The molecule has 0 amide bonds. The van der Waals surface area contributed by atoms with Crippen LogP contribution in [0.15, 0.2) is 54.6 Å². The first-order valence-electron chi connectivity index (χ1n) is 6.72. The van der Waals surface area contributed by atoms with Crippen LogP contribution in [-0.2, 0) is 5.60 Å². The van der Waals surface area contributed by atoms with Crippen LogP contribution in [-0.4, -0.2) is 18.2 Å². The summed E-state index contributed by atoms with van der Waals surface area (Å²) in [4.78, 5) is 0. The maximum atomic E-state index is 10.4. The van der Waals surface area contributed by atoms with Gasteiger partial charge in [-0.1, -0.05) is 61.5 Å². The molecule has 2 heteroatoms. The van der Waals surface area contributed by atoms with Crippen LogP contribution in [0.2, 0.25) is 0 Å². The quantitative estimate of drug-likeness (QED) is 0.860. The summed E-state index contributed by atoms with van der Waals surface area (Å²) in [6, 6.07) is 18.4. The molecule has 0 aliphatic carbocycles. The number of hydrogen-bond acceptors (Lipinski definition) is 2. The second-order valence-electron chi connectivity index (χ2n) is 5.00. The largest absolute Gasteiger partial charge is 0.384 e. The average molecular weight is 255 g/mol. The molecule has 2 nitrogen and oxygen atoms in total. The summed E-state index contributed by atoms with van der Waals surface area (Å²) in [5.41, 5.74) is 2.47. The van der Waals surface area contributed by atoms with Crippen molar-refractivity contribution in [1.82, 2.24) is 5.32 Å². The van der Waals surface area contributed by atoms with E-state index in [0.717, 1.165) is 12.1 Å². The van der Waals surface area contributed by atoms with Crippen molar-refractivity contribution in [3.63, 3.8) is 0 Å². The van der Waals surface area contributed by atoms with Gasteiger partial charge in [0.1, 0.15) is 0 Å². The van der Waals surface area contributed by atoms with Gasteiger partial charge in [0.15, 0.2) is 0 Å². The van der Waals surface area contributed by atoms with Crippen LogP contribution < -0.4 is 5.32 Å². The van der Waals surface area contributed by atoms with E-state index in [1.807, 2.05) is 44.2 Å². The van der Waals surface area contributed by atoms with Gasteiger partial charge in [0.05, 0.1) is 5.60 Å². The normalized spacial score (nSPS) is 14.1. The molecule has 0 saturated carbocycles. The number of rotatable bonds is 5. The zero-order valence-electron chi connectivity index (χ0n) is 11.6. The highest BCUT2D eigenvalue weighted by Gasteiger charge is 2.21. The molecule has 19 heavy (non-hydrogen) atoms. The van der Waals surface area contributed by atoms with Crippen LogP contribution in [0, 0.1) is 0 Å². The summed E-state index contributed by atoms with van der Waals surface area (Å²) in [6.45, 7) is 5.30. The molecule has 1 atom stereocenters. The van der Waals surface area contributed by atoms with Gasteiger partial charge in [-0.05, 0) is 30.2 Å². The van der Waals surface area contributed by atoms with Gasteiger partial charge in [0, 0.05) is 6.54 Å². The first-order valence-corrected chi connectivity index (χ1v) is 6.72. The van der Waals surface area contributed by atoms with Crippen LogP contribution in [0.5, 0.6) is 0 Å². The van der Waals surface area contributed by atoms with Gasteiger partial charge in [-0.15, -0.1) is 0 Å². The minimum atomic E-state index is -0.828. The van der Waals surface area contributed by atoms with Crippen LogP contribution in [0.3, 0.4) is 0 Å². The zero-order valence-corrected chi connectivity index (χ0v) is 11.6. The van der Waals surface area contributed by atoms with Gasteiger partial charge in [-0.25, -0.2) is 0 Å². The fourth-order valence-electron chi connectivity index (χ4n) is 2.12. The van der Waals surface area contributed by atoms with Crippen LogP contribution >= 0.6 is 0 Å². The Morgan fingerprint density at radius 1 is 0.947 bits per heavy atom. The van der Waals surface area contributed by atoms with E-state index in [1.54, 1.807) is 0 Å². The van der Waals surface area contributed by atoms with Crippen molar-refractivity contribution in [2.45, 2.75) is 19.4 Å². The average Bonchev–Trinajstić information content (AvgIpc) is 2.46. The molecular formula is C17H21NO. The van der Waals surface area contributed by atoms with Crippen molar-refractivity contribution >= 4 is 0 Å². The molecule has 0 saturated heterocycles. The summed E-state index contributed by atoms with van der Waals surface area (Å²) in [5.74, 6) is 0. The molecule has 0 spiro atoms. The maximum absolute atomic E-state index is 10.4. The van der Waals surface area contributed by atoms with Gasteiger partial charge in [-0.2, -0.15) is 0 Å². The van der Waals surface area contributed by atoms with Crippen molar-refractivity contribution in [3.8, 4) is 11.1 Å². The third-order valence-electron chi connectivity index (χ3n) is 3.33. The number of benzene rings is 2. The van der Waals surface area contributed by atoms with Crippen molar-refractivity contribution in [1.29, 1.82) is 0 Å². The van der Waals surface area contributed by atoms with E-state index in [0.29, 0.717) is 6.54 Å². The molecule has 100 valence electrons.